The van der Waals surface area contributed by atoms with Crippen molar-refractivity contribution in [1.29, 1.82) is 0 Å². The average Bonchev–Trinajstić information content (AvgIpc) is 3.42. The molecule has 0 N–H and O–H groups in total. The molecule has 158 valence electrons. The van der Waals surface area contributed by atoms with Crippen molar-refractivity contribution in [2.24, 2.45) is 5.92 Å². The van der Waals surface area contributed by atoms with E-state index >= 15 is 0 Å². The van der Waals surface area contributed by atoms with Crippen molar-refractivity contribution in [2.75, 3.05) is 44.3 Å². The van der Waals surface area contributed by atoms with E-state index in [2.05, 4.69) is 30.2 Å². The van der Waals surface area contributed by atoms with Crippen LogP contribution in [0.5, 0.6) is 0 Å². The third-order valence-electron chi connectivity index (χ3n) is 6.14. The van der Waals surface area contributed by atoms with E-state index in [4.69, 9.17) is 14.7 Å². The highest BCUT2D eigenvalue weighted by Gasteiger charge is 2.32. The zero-order valence-corrected chi connectivity index (χ0v) is 19.0. The standard InChI is InChI=1S/C22H26N4O2S2/c1-14-15(2)30-21-18(14)20(23-19(24-21)17-6-4-12-29-17)26-7-3-5-16(13-26)22(27)25-8-10-28-11-9-25/h4,6,12,16H,3,5,7-11,13H2,1-2H3/t16-/m0/s1. The van der Waals surface area contributed by atoms with Crippen molar-refractivity contribution in [3.63, 3.8) is 0 Å². The van der Waals surface area contributed by atoms with Crippen LogP contribution in [-0.2, 0) is 9.53 Å². The van der Waals surface area contributed by atoms with Gasteiger partial charge in [-0.05, 0) is 43.7 Å². The van der Waals surface area contributed by atoms with Crippen molar-refractivity contribution in [2.45, 2.75) is 26.7 Å². The summed E-state index contributed by atoms with van der Waals surface area (Å²) in [5, 5.41) is 3.21. The lowest BCUT2D eigenvalue weighted by Gasteiger charge is -2.37. The Morgan fingerprint density at radius 1 is 1.20 bits per heavy atom. The topological polar surface area (TPSA) is 58.6 Å². The van der Waals surface area contributed by atoms with E-state index in [1.165, 1.54) is 10.4 Å². The number of carbonyl (C=O) groups excluding carboxylic acids is 1. The Morgan fingerprint density at radius 3 is 2.80 bits per heavy atom. The molecule has 8 heteroatoms. The molecule has 30 heavy (non-hydrogen) atoms. The SMILES string of the molecule is Cc1sc2nc(-c3cccs3)nc(N3CCC[C@H](C(=O)N4CCOCC4)C3)c2c1C. The second-order valence-corrected chi connectivity index (χ2v) is 10.2. The predicted molar refractivity (Wildman–Crippen MR) is 123 cm³/mol. The maximum atomic E-state index is 13.1. The number of morpholine rings is 1. The highest BCUT2D eigenvalue weighted by Crippen LogP contribution is 2.38. The van der Waals surface area contributed by atoms with Gasteiger partial charge in [0.15, 0.2) is 5.82 Å². The quantitative estimate of drug-likeness (QED) is 0.611. The molecule has 1 amide bonds. The summed E-state index contributed by atoms with van der Waals surface area (Å²) in [5.41, 5.74) is 1.25. The zero-order valence-electron chi connectivity index (χ0n) is 17.4. The summed E-state index contributed by atoms with van der Waals surface area (Å²) in [6, 6.07) is 4.11. The van der Waals surface area contributed by atoms with Gasteiger partial charge in [0.2, 0.25) is 5.91 Å². The van der Waals surface area contributed by atoms with Crippen LogP contribution in [0.15, 0.2) is 17.5 Å². The molecule has 2 saturated heterocycles. The second-order valence-electron chi connectivity index (χ2n) is 8.03. The van der Waals surface area contributed by atoms with Gasteiger partial charge in [-0.3, -0.25) is 4.79 Å². The highest BCUT2D eigenvalue weighted by molar-refractivity contribution is 7.19. The molecule has 3 aromatic heterocycles. The van der Waals surface area contributed by atoms with Crippen molar-refractivity contribution >= 4 is 44.6 Å². The number of piperidine rings is 1. The van der Waals surface area contributed by atoms with Gasteiger partial charge in [0.1, 0.15) is 10.6 Å². The molecule has 0 bridgehead atoms. The lowest BCUT2D eigenvalue weighted by atomic mass is 9.96. The maximum Gasteiger partial charge on any atom is 0.227 e. The minimum Gasteiger partial charge on any atom is -0.378 e. The molecule has 3 aromatic rings. The third kappa shape index (κ3) is 3.61. The Bertz CT molecular complexity index is 1060. The molecule has 0 spiro atoms. The predicted octanol–water partition coefficient (Wildman–Crippen LogP) is 4.11. The van der Waals surface area contributed by atoms with Gasteiger partial charge < -0.3 is 14.5 Å². The number of aromatic nitrogens is 2. The van der Waals surface area contributed by atoms with Crippen molar-refractivity contribution in [3.05, 3.63) is 28.0 Å². The van der Waals surface area contributed by atoms with Crippen LogP contribution in [0.25, 0.3) is 20.9 Å². The number of anilines is 1. The summed E-state index contributed by atoms with van der Waals surface area (Å²) in [6.45, 7) is 8.66. The van der Waals surface area contributed by atoms with E-state index in [-0.39, 0.29) is 11.8 Å². The Morgan fingerprint density at radius 2 is 2.03 bits per heavy atom. The van der Waals surface area contributed by atoms with Crippen LogP contribution in [-0.4, -0.2) is 60.2 Å². The van der Waals surface area contributed by atoms with E-state index < -0.39 is 0 Å². The largest absolute Gasteiger partial charge is 0.378 e. The molecule has 2 aliphatic heterocycles. The van der Waals surface area contributed by atoms with Crippen LogP contribution in [0, 0.1) is 19.8 Å². The minimum absolute atomic E-state index is 0.0205. The van der Waals surface area contributed by atoms with Crippen LogP contribution in [0.3, 0.4) is 0 Å². The summed E-state index contributed by atoms with van der Waals surface area (Å²) in [5.74, 6) is 2.07. The fourth-order valence-electron chi connectivity index (χ4n) is 4.39. The fourth-order valence-corrected chi connectivity index (χ4v) is 6.07. The molecule has 0 unspecified atom stereocenters. The van der Waals surface area contributed by atoms with Gasteiger partial charge in [0.25, 0.3) is 0 Å². The first-order valence-electron chi connectivity index (χ1n) is 10.5. The van der Waals surface area contributed by atoms with Gasteiger partial charge in [0, 0.05) is 31.1 Å². The Kier molecular flexibility index (Phi) is 5.47. The number of fused-ring (bicyclic) bond motifs is 1. The van der Waals surface area contributed by atoms with Crippen LogP contribution in [0.1, 0.15) is 23.3 Å². The lowest BCUT2D eigenvalue weighted by molar-refractivity contribution is -0.139. The van der Waals surface area contributed by atoms with E-state index in [1.54, 1.807) is 22.7 Å². The Labute approximate surface area is 184 Å². The number of amides is 1. The van der Waals surface area contributed by atoms with E-state index in [1.807, 2.05) is 11.0 Å². The van der Waals surface area contributed by atoms with Gasteiger partial charge in [-0.25, -0.2) is 9.97 Å². The van der Waals surface area contributed by atoms with Crippen molar-refractivity contribution in [3.8, 4) is 10.7 Å². The third-order valence-corrected chi connectivity index (χ3v) is 8.11. The molecule has 0 aliphatic carbocycles. The molecule has 0 saturated carbocycles. The first-order chi connectivity index (χ1) is 14.6. The number of hydrogen-bond acceptors (Lipinski definition) is 7. The van der Waals surface area contributed by atoms with Crippen molar-refractivity contribution in [1.82, 2.24) is 14.9 Å². The normalized spacial score (nSPS) is 20.1. The first-order valence-corrected chi connectivity index (χ1v) is 12.2. The molecule has 5 heterocycles. The molecule has 2 fully saturated rings. The smallest absolute Gasteiger partial charge is 0.227 e. The van der Waals surface area contributed by atoms with Crippen LogP contribution >= 0.6 is 22.7 Å². The van der Waals surface area contributed by atoms with E-state index in [9.17, 15) is 4.79 Å². The van der Waals surface area contributed by atoms with Crippen molar-refractivity contribution < 1.29 is 9.53 Å². The van der Waals surface area contributed by atoms with Crippen LogP contribution in [0.4, 0.5) is 5.82 Å². The second kappa shape index (κ2) is 8.24. The molecular weight excluding hydrogens is 416 g/mol. The number of carbonyl (C=O) groups is 1. The number of aryl methyl sites for hydroxylation is 2. The number of thiophene rings is 2. The van der Waals surface area contributed by atoms with Gasteiger partial charge >= 0.3 is 0 Å². The first kappa shape index (κ1) is 19.9. The minimum atomic E-state index is 0.0205. The molecule has 0 radical (unpaired) electrons. The zero-order chi connectivity index (χ0) is 20.7. The van der Waals surface area contributed by atoms with Crippen LogP contribution < -0.4 is 4.90 Å². The summed E-state index contributed by atoms with van der Waals surface area (Å²) in [4.78, 5) is 30.8. The molecule has 0 aromatic carbocycles. The summed E-state index contributed by atoms with van der Waals surface area (Å²) < 4.78 is 5.42. The number of rotatable bonds is 3. The maximum absolute atomic E-state index is 13.1. The number of hydrogen-bond donors (Lipinski definition) is 0. The summed E-state index contributed by atoms with van der Waals surface area (Å²) in [7, 11) is 0. The van der Waals surface area contributed by atoms with Gasteiger partial charge in [-0.15, -0.1) is 22.7 Å². The molecular formula is C22H26N4O2S2. The molecule has 1 atom stereocenters. The summed E-state index contributed by atoms with van der Waals surface area (Å²) in [6.07, 6.45) is 1.95. The lowest BCUT2D eigenvalue weighted by Crippen LogP contribution is -2.48. The van der Waals surface area contributed by atoms with Gasteiger partial charge in [-0.2, -0.15) is 0 Å². The molecule has 6 nitrogen and oxygen atoms in total. The van der Waals surface area contributed by atoms with E-state index in [0.29, 0.717) is 26.3 Å². The highest BCUT2D eigenvalue weighted by atomic mass is 32.1. The van der Waals surface area contributed by atoms with E-state index in [0.717, 1.165) is 52.7 Å². The molecule has 2 aliphatic rings. The monoisotopic (exact) mass is 442 g/mol. The molecule has 5 rings (SSSR count). The van der Waals surface area contributed by atoms with Gasteiger partial charge in [-0.1, -0.05) is 6.07 Å². The summed E-state index contributed by atoms with van der Waals surface area (Å²) >= 11 is 3.40. The van der Waals surface area contributed by atoms with Gasteiger partial charge in [0.05, 0.1) is 29.4 Å². The average molecular weight is 443 g/mol. The Balaban J connectivity index is 1.50. The number of ether oxygens (including phenoxy) is 1. The fraction of sp³-hybridized carbons (Fsp3) is 0.500. The van der Waals surface area contributed by atoms with Crippen LogP contribution in [0.2, 0.25) is 0 Å². The Hall–Kier alpha value is -2.03. The number of nitrogens with zero attached hydrogens (tertiary/aromatic N) is 4.